The zero-order valence-electron chi connectivity index (χ0n) is 13.6. The molecule has 128 valence electrons. The summed E-state index contributed by atoms with van der Waals surface area (Å²) in [4.78, 5) is 12.5. The van der Waals surface area contributed by atoms with Gasteiger partial charge in [-0.1, -0.05) is 28.9 Å². The van der Waals surface area contributed by atoms with E-state index in [1.807, 2.05) is 12.1 Å². The van der Waals surface area contributed by atoms with Crippen molar-refractivity contribution in [2.24, 2.45) is 0 Å². The number of hydrogen-bond donors (Lipinski definition) is 1. The van der Waals surface area contributed by atoms with Crippen LogP contribution < -0.4 is 14.8 Å². The van der Waals surface area contributed by atoms with E-state index >= 15 is 0 Å². The maximum atomic E-state index is 12.5. The molecule has 3 rings (SSSR count). The summed E-state index contributed by atoms with van der Waals surface area (Å²) in [7, 11) is 3.04. The summed E-state index contributed by atoms with van der Waals surface area (Å²) in [5.74, 6) is 0.904. The van der Waals surface area contributed by atoms with Crippen LogP contribution in [0.5, 0.6) is 11.5 Å². The molecule has 1 aromatic heterocycles. The molecule has 0 spiro atoms. The largest absolute Gasteiger partial charge is 0.493 e. The second kappa shape index (κ2) is 7.27. The first-order valence-corrected chi connectivity index (χ1v) is 7.74. The van der Waals surface area contributed by atoms with Gasteiger partial charge < -0.3 is 14.0 Å². The predicted octanol–water partition coefficient (Wildman–Crippen LogP) is 4.26. The van der Waals surface area contributed by atoms with Crippen molar-refractivity contribution in [3.63, 3.8) is 0 Å². The van der Waals surface area contributed by atoms with Gasteiger partial charge in [-0.25, -0.2) is 0 Å². The lowest BCUT2D eigenvalue weighted by molar-refractivity contribution is 0.102. The van der Waals surface area contributed by atoms with Gasteiger partial charge in [-0.2, -0.15) is 0 Å². The second-order valence-electron chi connectivity index (χ2n) is 5.10. The summed E-state index contributed by atoms with van der Waals surface area (Å²) in [6.45, 7) is 0. The minimum absolute atomic E-state index is 0.252. The highest BCUT2D eigenvalue weighted by molar-refractivity contribution is 6.30. The van der Waals surface area contributed by atoms with E-state index in [1.54, 1.807) is 30.3 Å². The van der Waals surface area contributed by atoms with E-state index in [9.17, 15) is 4.79 Å². The zero-order chi connectivity index (χ0) is 17.8. The van der Waals surface area contributed by atoms with Crippen molar-refractivity contribution < 1.29 is 18.8 Å². The van der Waals surface area contributed by atoms with Crippen molar-refractivity contribution in [1.29, 1.82) is 0 Å². The van der Waals surface area contributed by atoms with Gasteiger partial charge in [-0.3, -0.25) is 10.1 Å². The smallest absolute Gasteiger partial charge is 0.258 e. The van der Waals surface area contributed by atoms with Crippen LogP contribution in [0.4, 0.5) is 5.88 Å². The van der Waals surface area contributed by atoms with E-state index in [2.05, 4.69) is 10.5 Å². The molecule has 1 heterocycles. The molecule has 0 fully saturated rings. The van der Waals surface area contributed by atoms with Crippen LogP contribution in [-0.2, 0) is 0 Å². The first-order valence-electron chi connectivity index (χ1n) is 7.36. The number of rotatable bonds is 5. The number of ether oxygens (including phenoxy) is 2. The average Bonchev–Trinajstić information content (AvgIpc) is 3.09. The van der Waals surface area contributed by atoms with Crippen molar-refractivity contribution in [3.8, 4) is 22.6 Å². The molecule has 1 amide bonds. The van der Waals surface area contributed by atoms with Crippen LogP contribution in [0.15, 0.2) is 53.2 Å². The van der Waals surface area contributed by atoms with Crippen molar-refractivity contribution in [2.45, 2.75) is 0 Å². The quantitative estimate of drug-likeness (QED) is 0.737. The number of carbonyl (C=O) groups is 1. The van der Waals surface area contributed by atoms with Crippen molar-refractivity contribution in [3.05, 3.63) is 59.2 Å². The Kier molecular flexibility index (Phi) is 4.90. The van der Waals surface area contributed by atoms with Gasteiger partial charge >= 0.3 is 0 Å². The minimum atomic E-state index is -0.354. The highest BCUT2D eigenvalue weighted by Crippen LogP contribution is 2.31. The summed E-state index contributed by atoms with van der Waals surface area (Å²) in [6, 6.07) is 12.0. The highest BCUT2D eigenvalue weighted by atomic mass is 35.5. The molecule has 3 aromatic rings. The topological polar surface area (TPSA) is 73.6 Å². The number of carbonyl (C=O) groups excluding carboxylic acids is 1. The van der Waals surface area contributed by atoms with E-state index in [1.165, 1.54) is 20.4 Å². The Hall–Kier alpha value is -2.99. The summed E-state index contributed by atoms with van der Waals surface area (Å²) in [6.07, 6.45) is 1.54. The Morgan fingerprint density at radius 1 is 1.08 bits per heavy atom. The molecule has 0 aliphatic heterocycles. The van der Waals surface area contributed by atoms with Gasteiger partial charge in [0.05, 0.1) is 26.0 Å². The van der Waals surface area contributed by atoms with Crippen LogP contribution in [0.25, 0.3) is 11.1 Å². The van der Waals surface area contributed by atoms with Crippen molar-refractivity contribution >= 4 is 23.4 Å². The second-order valence-corrected chi connectivity index (χ2v) is 5.54. The summed E-state index contributed by atoms with van der Waals surface area (Å²) in [5.41, 5.74) is 1.88. The maximum absolute atomic E-state index is 12.5. The SMILES string of the molecule is COc1ccc(C(=O)Nc2oncc2-c2ccc(Cl)cc2)cc1OC. The third kappa shape index (κ3) is 3.59. The number of amides is 1. The number of nitrogens with zero attached hydrogens (tertiary/aromatic N) is 1. The molecule has 0 bridgehead atoms. The molecule has 0 unspecified atom stereocenters. The van der Waals surface area contributed by atoms with E-state index in [0.717, 1.165) is 5.56 Å². The zero-order valence-corrected chi connectivity index (χ0v) is 14.3. The first-order chi connectivity index (χ1) is 12.1. The molecule has 1 N–H and O–H groups in total. The third-order valence-electron chi connectivity index (χ3n) is 3.60. The number of halogens is 1. The van der Waals surface area contributed by atoms with Crippen LogP contribution in [0, 0.1) is 0 Å². The molecule has 0 atom stereocenters. The normalized spacial score (nSPS) is 10.4. The fourth-order valence-corrected chi connectivity index (χ4v) is 2.44. The fourth-order valence-electron chi connectivity index (χ4n) is 2.32. The van der Waals surface area contributed by atoms with Gasteiger partial charge in [0.1, 0.15) is 0 Å². The van der Waals surface area contributed by atoms with Crippen LogP contribution in [-0.4, -0.2) is 25.3 Å². The van der Waals surface area contributed by atoms with Crippen molar-refractivity contribution in [2.75, 3.05) is 19.5 Å². The molecular weight excluding hydrogens is 344 g/mol. The standard InChI is InChI=1S/C18H15ClN2O4/c1-23-15-8-5-12(9-16(15)24-2)17(22)21-18-14(10-20-25-18)11-3-6-13(19)7-4-11/h3-10H,1-2H3,(H,21,22). The molecule has 0 radical (unpaired) electrons. The summed E-state index contributed by atoms with van der Waals surface area (Å²) >= 11 is 5.90. The van der Waals surface area contributed by atoms with Gasteiger partial charge in [0, 0.05) is 10.6 Å². The van der Waals surface area contributed by atoms with Crippen LogP contribution in [0.1, 0.15) is 10.4 Å². The molecule has 7 heteroatoms. The molecule has 0 saturated heterocycles. The van der Waals surface area contributed by atoms with E-state index in [0.29, 0.717) is 27.6 Å². The third-order valence-corrected chi connectivity index (χ3v) is 3.85. The van der Waals surface area contributed by atoms with E-state index in [4.69, 9.17) is 25.6 Å². The monoisotopic (exact) mass is 358 g/mol. The number of nitrogens with one attached hydrogen (secondary N) is 1. The molecular formula is C18H15ClN2O4. The van der Waals surface area contributed by atoms with Gasteiger partial charge in [0.25, 0.3) is 5.91 Å². The Labute approximate surface area is 149 Å². The highest BCUT2D eigenvalue weighted by Gasteiger charge is 2.16. The molecule has 0 saturated carbocycles. The lowest BCUT2D eigenvalue weighted by atomic mass is 10.1. The van der Waals surface area contributed by atoms with E-state index < -0.39 is 0 Å². The predicted molar refractivity (Wildman–Crippen MR) is 94.4 cm³/mol. The molecule has 6 nitrogen and oxygen atoms in total. The van der Waals surface area contributed by atoms with Crippen molar-refractivity contribution in [1.82, 2.24) is 5.16 Å². The molecule has 0 aliphatic carbocycles. The summed E-state index contributed by atoms with van der Waals surface area (Å²) < 4.78 is 15.6. The Balaban J connectivity index is 1.85. The van der Waals surface area contributed by atoms with Gasteiger partial charge in [0.2, 0.25) is 5.88 Å². The molecule has 0 aliphatic rings. The average molecular weight is 359 g/mol. The molecule has 25 heavy (non-hydrogen) atoms. The number of hydrogen-bond acceptors (Lipinski definition) is 5. The fraction of sp³-hybridized carbons (Fsp3) is 0.111. The van der Waals surface area contributed by atoms with Gasteiger partial charge in [0.15, 0.2) is 11.5 Å². The van der Waals surface area contributed by atoms with E-state index in [-0.39, 0.29) is 11.8 Å². The Morgan fingerprint density at radius 2 is 1.80 bits per heavy atom. The Morgan fingerprint density at radius 3 is 2.48 bits per heavy atom. The number of methoxy groups -OCH3 is 2. The minimum Gasteiger partial charge on any atom is -0.493 e. The van der Waals surface area contributed by atoms with Crippen LogP contribution in [0.2, 0.25) is 5.02 Å². The van der Waals surface area contributed by atoms with Crippen LogP contribution >= 0.6 is 11.6 Å². The lowest BCUT2D eigenvalue weighted by Gasteiger charge is -2.09. The maximum Gasteiger partial charge on any atom is 0.258 e. The number of benzene rings is 2. The lowest BCUT2D eigenvalue weighted by Crippen LogP contribution is -2.12. The van der Waals surface area contributed by atoms with Gasteiger partial charge in [-0.15, -0.1) is 0 Å². The Bertz CT molecular complexity index is 890. The number of anilines is 1. The number of aromatic nitrogens is 1. The summed E-state index contributed by atoms with van der Waals surface area (Å²) in [5, 5.41) is 7.09. The van der Waals surface area contributed by atoms with Gasteiger partial charge in [-0.05, 0) is 35.9 Å². The first kappa shape index (κ1) is 16.9. The molecule has 2 aromatic carbocycles. The van der Waals surface area contributed by atoms with Crippen LogP contribution in [0.3, 0.4) is 0 Å².